The molecule has 0 saturated heterocycles. The lowest BCUT2D eigenvalue weighted by Gasteiger charge is -2.04. The molecule has 160 valence electrons. The van der Waals surface area contributed by atoms with Crippen molar-refractivity contribution in [3.8, 4) is 23.0 Å². The highest BCUT2D eigenvalue weighted by Gasteiger charge is 2.13. The Labute approximate surface area is 184 Å². The molecule has 0 radical (unpaired) electrons. The Morgan fingerprint density at radius 1 is 0.469 bits per heavy atom. The number of phenols is 2. The van der Waals surface area contributed by atoms with Gasteiger partial charge in [0.1, 0.15) is 34.1 Å². The number of phenolic OH excluding ortho intramolecular Hbond substituents is 2. The third kappa shape index (κ3) is 6.21. The van der Waals surface area contributed by atoms with E-state index in [1.54, 1.807) is 72.8 Å². The molecule has 0 amide bonds. The number of hydrogen-bond donors (Lipinski definition) is 2. The monoisotopic (exact) mass is 428 g/mol. The smallest absolute Gasteiger partial charge is 0.347 e. The maximum absolute atomic E-state index is 11.7. The second-order valence-corrected chi connectivity index (χ2v) is 6.44. The number of hydrogen-bond acceptors (Lipinski definition) is 6. The summed E-state index contributed by atoms with van der Waals surface area (Å²) in [4.78, 5) is 23.3. The van der Waals surface area contributed by atoms with Crippen LogP contribution in [0.2, 0.25) is 0 Å². The third-order valence-electron chi connectivity index (χ3n) is 4.16. The van der Waals surface area contributed by atoms with Crippen LogP contribution in [0.25, 0.3) is 0 Å². The number of carbonyl (C=O) groups is 2. The van der Waals surface area contributed by atoms with Gasteiger partial charge in [-0.1, -0.05) is 60.7 Å². The second-order valence-electron chi connectivity index (χ2n) is 6.44. The molecule has 2 N–H and O–H groups in total. The van der Waals surface area contributed by atoms with E-state index in [-0.39, 0.29) is 22.6 Å². The van der Waals surface area contributed by atoms with E-state index in [9.17, 15) is 19.8 Å². The van der Waals surface area contributed by atoms with Crippen molar-refractivity contribution in [1.82, 2.24) is 0 Å². The predicted molar refractivity (Wildman–Crippen MR) is 119 cm³/mol. The number of esters is 2. The van der Waals surface area contributed by atoms with E-state index in [0.717, 1.165) is 0 Å². The summed E-state index contributed by atoms with van der Waals surface area (Å²) >= 11 is 0. The van der Waals surface area contributed by atoms with Gasteiger partial charge in [-0.15, -0.1) is 0 Å². The molecular formula is C26H20O6. The molecule has 0 saturated carbocycles. The molecule has 0 aromatic heterocycles. The fraction of sp³-hybridized carbons (Fsp3) is 0. The Bertz CT molecular complexity index is 1080. The summed E-state index contributed by atoms with van der Waals surface area (Å²) in [5, 5.41) is 18.9. The highest BCUT2D eigenvalue weighted by atomic mass is 16.5. The average Bonchev–Trinajstić information content (AvgIpc) is 2.81. The van der Waals surface area contributed by atoms with Crippen molar-refractivity contribution in [2.24, 2.45) is 0 Å². The van der Waals surface area contributed by atoms with Crippen molar-refractivity contribution in [2.45, 2.75) is 0 Å². The van der Waals surface area contributed by atoms with E-state index in [1.807, 2.05) is 12.1 Å². The summed E-state index contributed by atoms with van der Waals surface area (Å²) in [5.41, 5.74) is 0.317. The number of carbonyl (C=O) groups excluding carboxylic acids is 2. The molecule has 0 atom stereocenters. The minimum Gasteiger partial charge on any atom is -0.507 e. The van der Waals surface area contributed by atoms with Crippen molar-refractivity contribution in [1.29, 1.82) is 0 Å². The van der Waals surface area contributed by atoms with E-state index < -0.39 is 11.9 Å². The van der Waals surface area contributed by atoms with Crippen molar-refractivity contribution < 1.29 is 29.3 Å². The van der Waals surface area contributed by atoms with Gasteiger partial charge in [-0.05, 0) is 48.5 Å². The first-order chi connectivity index (χ1) is 15.5. The van der Waals surface area contributed by atoms with Gasteiger partial charge in [-0.3, -0.25) is 0 Å². The summed E-state index contributed by atoms with van der Waals surface area (Å²) < 4.78 is 10.2. The molecule has 0 heterocycles. The molecular weight excluding hydrogens is 408 g/mol. The van der Waals surface area contributed by atoms with Crippen molar-refractivity contribution >= 4 is 11.9 Å². The Hall–Kier alpha value is -4.58. The fourth-order valence-electron chi connectivity index (χ4n) is 2.59. The highest BCUT2D eigenvalue weighted by Crippen LogP contribution is 2.19. The zero-order valence-corrected chi connectivity index (χ0v) is 16.9. The topological polar surface area (TPSA) is 93.1 Å². The van der Waals surface area contributed by atoms with Gasteiger partial charge in [0.15, 0.2) is 0 Å². The number of rotatable bonds is 4. The molecule has 6 heteroatoms. The lowest BCUT2D eigenvalue weighted by molar-refractivity contribution is 0.0721. The van der Waals surface area contributed by atoms with E-state index in [0.29, 0.717) is 11.5 Å². The van der Waals surface area contributed by atoms with Gasteiger partial charge in [0, 0.05) is 0 Å². The minimum absolute atomic E-state index is 0.0802. The van der Waals surface area contributed by atoms with Gasteiger partial charge in [0.25, 0.3) is 0 Å². The normalized spacial score (nSPS) is 9.75. The molecule has 32 heavy (non-hydrogen) atoms. The minimum atomic E-state index is -0.565. The van der Waals surface area contributed by atoms with Crippen molar-refractivity contribution in [3.63, 3.8) is 0 Å². The summed E-state index contributed by atoms with van der Waals surface area (Å²) in [6, 6.07) is 30.0. The molecule has 6 nitrogen and oxygen atoms in total. The molecule has 4 rings (SSSR count). The SMILES string of the molecule is O=C(Oc1ccccc1)c1ccccc1O.O=C(Oc1ccccc1)c1ccccc1O. The van der Waals surface area contributed by atoms with Gasteiger partial charge in [-0.25, -0.2) is 9.59 Å². The molecule has 0 fully saturated rings. The molecule has 0 aliphatic carbocycles. The summed E-state index contributed by atoms with van der Waals surface area (Å²) in [7, 11) is 0. The Balaban J connectivity index is 0.000000181. The predicted octanol–water partition coefficient (Wildman–Crippen LogP) is 5.22. The maximum Gasteiger partial charge on any atom is 0.347 e. The van der Waals surface area contributed by atoms with Crippen LogP contribution in [-0.2, 0) is 0 Å². The number of para-hydroxylation sites is 4. The molecule has 0 unspecified atom stereocenters. The van der Waals surface area contributed by atoms with Crippen LogP contribution in [0.5, 0.6) is 23.0 Å². The van der Waals surface area contributed by atoms with Gasteiger partial charge in [0.2, 0.25) is 0 Å². The zero-order chi connectivity index (χ0) is 22.8. The van der Waals surface area contributed by atoms with Crippen LogP contribution < -0.4 is 9.47 Å². The second kappa shape index (κ2) is 11.0. The number of benzene rings is 4. The summed E-state index contributed by atoms with van der Waals surface area (Å²) in [6.07, 6.45) is 0. The first-order valence-corrected chi connectivity index (χ1v) is 9.65. The van der Waals surface area contributed by atoms with Gasteiger partial charge in [0.05, 0.1) is 0 Å². The van der Waals surface area contributed by atoms with E-state index in [4.69, 9.17) is 9.47 Å². The zero-order valence-electron chi connectivity index (χ0n) is 16.9. The van der Waals surface area contributed by atoms with Crippen LogP contribution in [0.15, 0.2) is 109 Å². The van der Waals surface area contributed by atoms with E-state index >= 15 is 0 Å². The van der Waals surface area contributed by atoms with Gasteiger partial charge >= 0.3 is 11.9 Å². The molecule has 0 spiro atoms. The summed E-state index contributed by atoms with van der Waals surface area (Å²) in [5.74, 6) is -0.382. The quantitative estimate of drug-likeness (QED) is 0.342. The Kier molecular flexibility index (Phi) is 7.59. The molecule has 4 aromatic carbocycles. The Morgan fingerprint density at radius 3 is 1.12 bits per heavy atom. The van der Waals surface area contributed by atoms with Crippen molar-refractivity contribution in [2.75, 3.05) is 0 Å². The van der Waals surface area contributed by atoms with E-state index in [1.165, 1.54) is 24.3 Å². The average molecular weight is 428 g/mol. The van der Waals surface area contributed by atoms with E-state index in [2.05, 4.69) is 0 Å². The standard InChI is InChI=1S/2C13H10O3/c2*14-12-9-5-4-8-11(12)13(15)16-10-6-2-1-3-7-10/h2*1-9,14H. The number of ether oxygens (including phenoxy) is 2. The lowest BCUT2D eigenvalue weighted by Crippen LogP contribution is -2.08. The molecule has 4 aromatic rings. The van der Waals surface area contributed by atoms with Crippen LogP contribution in [0, 0.1) is 0 Å². The van der Waals surface area contributed by atoms with Gasteiger partial charge < -0.3 is 19.7 Å². The molecule has 0 aliphatic rings. The van der Waals surface area contributed by atoms with Crippen molar-refractivity contribution in [3.05, 3.63) is 120 Å². The van der Waals surface area contributed by atoms with Crippen LogP contribution in [0.1, 0.15) is 20.7 Å². The lowest BCUT2D eigenvalue weighted by atomic mass is 10.2. The van der Waals surface area contributed by atoms with Crippen LogP contribution in [-0.4, -0.2) is 22.2 Å². The number of aromatic hydroxyl groups is 2. The Morgan fingerprint density at radius 2 is 0.781 bits per heavy atom. The molecule has 0 aliphatic heterocycles. The van der Waals surface area contributed by atoms with Crippen LogP contribution >= 0.6 is 0 Å². The maximum atomic E-state index is 11.7. The first-order valence-electron chi connectivity index (χ1n) is 9.65. The highest BCUT2D eigenvalue weighted by molar-refractivity contribution is 5.94. The third-order valence-corrected chi connectivity index (χ3v) is 4.16. The first kappa shape index (κ1) is 22.1. The fourth-order valence-corrected chi connectivity index (χ4v) is 2.59. The molecule has 0 bridgehead atoms. The van der Waals surface area contributed by atoms with Crippen LogP contribution in [0.3, 0.4) is 0 Å². The van der Waals surface area contributed by atoms with Crippen LogP contribution in [0.4, 0.5) is 0 Å². The van der Waals surface area contributed by atoms with Gasteiger partial charge in [-0.2, -0.15) is 0 Å². The largest absolute Gasteiger partial charge is 0.507 e. The summed E-state index contributed by atoms with van der Waals surface area (Å²) in [6.45, 7) is 0.